The second-order valence-corrected chi connectivity index (χ2v) is 4.99. The van der Waals surface area contributed by atoms with Crippen LogP contribution >= 0.6 is 11.8 Å². The molecular formula is C14H12FNO3S. The summed E-state index contributed by atoms with van der Waals surface area (Å²) in [5.74, 6) is -0.741. The van der Waals surface area contributed by atoms with Gasteiger partial charge in [-0.15, -0.1) is 11.8 Å². The Hall–Kier alpha value is -2.08. The van der Waals surface area contributed by atoms with Crippen LogP contribution < -0.4 is 4.74 Å². The molecule has 0 radical (unpaired) electrons. The van der Waals surface area contributed by atoms with Crippen molar-refractivity contribution in [1.29, 1.82) is 0 Å². The molecule has 1 aromatic carbocycles. The van der Waals surface area contributed by atoms with Crippen LogP contribution in [0, 0.1) is 5.82 Å². The summed E-state index contributed by atoms with van der Waals surface area (Å²) in [5.41, 5.74) is 0.790. The van der Waals surface area contributed by atoms with Crippen molar-refractivity contribution >= 4 is 17.7 Å². The summed E-state index contributed by atoms with van der Waals surface area (Å²) in [6, 6.07) is 7.96. The quantitative estimate of drug-likeness (QED) is 0.858. The molecule has 1 heterocycles. The van der Waals surface area contributed by atoms with Crippen molar-refractivity contribution in [2.75, 3.05) is 7.11 Å². The number of hydrogen-bond acceptors (Lipinski definition) is 4. The maximum atomic E-state index is 13.5. The zero-order valence-corrected chi connectivity index (χ0v) is 11.5. The Morgan fingerprint density at radius 2 is 2.20 bits per heavy atom. The maximum absolute atomic E-state index is 13.5. The molecular weight excluding hydrogens is 281 g/mol. The SMILES string of the molecule is COc1ccc(CSc2ccnc(C(=O)O)c2)cc1F. The number of carbonyl (C=O) groups is 1. The first-order valence-electron chi connectivity index (χ1n) is 5.74. The van der Waals surface area contributed by atoms with Gasteiger partial charge in [0.2, 0.25) is 0 Å². The van der Waals surface area contributed by atoms with E-state index < -0.39 is 11.8 Å². The van der Waals surface area contributed by atoms with Gasteiger partial charge < -0.3 is 9.84 Å². The number of carboxylic acid groups (broad SMARTS) is 1. The van der Waals surface area contributed by atoms with Gasteiger partial charge in [0.25, 0.3) is 0 Å². The molecule has 0 spiro atoms. The van der Waals surface area contributed by atoms with E-state index in [1.165, 1.54) is 37.2 Å². The summed E-state index contributed by atoms with van der Waals surface area (Å²) in [4.78, 5) is 15.3. The van der Waals surface area contributed by atoms with E-state index in [0.29, 0.717) is 5.75 Å². The van der Waals surface area contributed by atoms with Crippen LogP contribution in [0.5, 0.6) is 5.75 Å². The Morgan fingerprint density at radius 1 is 1.40 bits per heavy atom. The van der Waals surface area contributed by atoms with Crippen LogP contribution in [0.3, 0.4) is 0 Å². The van der Waals surface area contributed by atoms with E-state index in [4.69, 9.17) is 9.84 Å². The molecule has 0 fully saturated rings. The summed E-state index contributed by atoms with van der Waals surface area (Å²) in [5, 5.41) is 8.85. The highest BCUT2D eigenvalue weighted by Gasteiger charge is 2.07. The van der Waals surface area contributed by atoms with Gasteiger partial charge in [-0.1, -0.05) is 6.07 Å². The van der Waals surface area contributed by atoms with Gasteiger partial charge in [0.15, 0.2) is 11.6 Å². The number of aromatic nitrogens is 1. The van der Waals surface area contributed by atoms with Crippen LogP contribution in [0.15, 0.2) is 41.4 Å². The van der Waals surface area contributed by atoms with Crippen LogP contribution in [-0.4, -0.2) is 23.2 Å². The van der Waals surface area contributed by atoms with Gasteiger partial charge >= 0.3 is 5.97 Å². The van der Waals surface area contributed by atoms with Gasteiger partial charge in [-0.3, -0.25) is 0 Å². The van der Waals surface area contributed by atoms with Crippen LogP contribution in [0.25, 0.3) is 0 Å². The van der Waals surface area contributed by atoms with E-state index in [2.05, 4.69) is 4.98 Å². The molecule has 1 N–H and O–H groups in total. The molecule has 6 heteroatoms. The first-order chi connectivity index (χ1) is 9.60. The third kappa shape index (κ3) is 3.48. The molecule has 2 rings (SSSR count). The lowest BCUT2D eigenvalue weighted by Crippen LogP contribution is -1.99. The van der Waals surface area contributed by atoms with Crippen LogP contribution in [-0.2, 0) is 5.75 Å². The van der Waals surface area contributed by atoms with Gasteiger partial charge in [0.05, 0.1) is 7.11 Å². The van der Waals surface area contributed by atoms with Gasteiger partial charge in [-0.2, -0.15) is 0 Å². The molecule has 0 atom stereocenters. The van der Waals surface area contributed by atoms with E-state index in [9.17, 15) is 9.18 Å². The minimum atomic E-state index is -1.07. The highest BCUT2D eigenvalue weighted by atomic mass is 32.2. The number of benzene rings is 1. The summed E-state index contributed by atoms with van der Waals surface area (Å²) in [6.07, 6.45) is 1.44. The van der Waals surface area contributed by atoms with Crippen molar-refractivity contribution in [1.82, 2.24) is 4.98 Å². The topological polar surface area (TPSA) is 59.4 Å². The average Bonchev–Trinajstić information content (AvgIpc) is 2.45. The number of thioether (sulfide) groups is 1. The standard InChI is InChI=1S/C14H12FNO3S/c1-19-13-3-2-9(6-11(13)15)8-20-10-4-5-16-12(7-10)14(17)18/h2-7H,8H2,1H3,(H,17,18). The van der Waals surface area contributed by atoms with E-state index in [-0.39, 0.29) is 11.4 Å². The van der Waals surface area contributed by atoms with Gasteiger partial charge in [0.1, 0.15) is 5.69 Å². The second kappa shape index (κ2) is 6.38. The normalized spacial score (nSPS) is 10.3. The van der Waals surface area contributed by atoms with Crippen LogP contribution in [0.2, 0.25) is 0 Å². The van der Waals surface area contributed by atoms with Gasteiger partial charge in [-0.05, 0) is 29.8 Å². The number of nitrogens with zero attached hydrogens (tertiary/aromatic N) is 1. The summed E-state index contributed by atoms with van der Waals surface area (Å²) >= 11 is 1.42. The molecule has 0 aliphatic rings. The fourth-order valence-corrected chi connectivity index (χ4v) is 2.45. The predicted molar refractivity (Wildman–Crippen MR) is 73.7 cm³/mol. The van der Waals surface area contributed by atoms with Crippen molar-refractivity contribution in [2.45, 2.75) is 10.6 Å². The summed E-state index contributed by atoms with van der Waals surface area (Å²) < 4.78 is 18.4. The first-order valence-corrected chi connectivity index (χ1v) is 6.73. The lowest BCUT2D eigenvalue weighted by atomic mass is 10.2. The average molecular weight is 293 g/mol. The maximum Gasteiger partial charge on any atom is 0.354 e. The Morgan fingerprint density at radius 3 is 2.85 bits per heavy atom. The number of hydrogen-bond donors (Lipinski definition) is 1. The molecule has 0 bridgehead atoms. The first kappa shape index (κ1) is 14.3. The molecule has 0 aliphatic carbocycles. The van der Waals surface area contributed by atoms with E-state index in [1.807, 2.05) is 0 Å². The molecule has 104 valence electrons. The Labute approximate surface area is 119 Å². The molecule has 0 saturated heterocycles. The van der Waals surface area contributed by atoms with Gasteiger partial charge in [-0.25, -0.2) is 14.2 Å². The van der Waals surface area contributed by atoms with E-state index in [1.54, 1.807) is 18.2 Å². The lowest BCUT2D eigenvalue weighted by Gasteiger charge is -2.05. The molecule has 0 unspecified atom stereocenters. The smallest absolute Gasteiger partial charge is 0.354 e. The Kier molecular flexibility index (Phi) is 4.57. The number of aromatic carboxylic acids is 1. The zero-order chi connectivity index (χ0) is 14.5. The monoisotopic (exact) mass is 293 g/mol. The number of pyridine rings is 1. The van der Waals surface area contributed by atoms with E-state index >= 15 is 0 Å². The predicted octanol–water partition coefficient (Wildman–Crippen LogP) is 3.22. The summed E-state index contributed by atoms with van der Waals surface area (Å²) in [6.45, 7) is 0. The van der Waals surface area contributed by atoms with Gasteiger partial charge in [0, 0.05) is 16.8 Å². The molecule has 0 aliphatic heterocycles. The van der Waals surface area contributed by atoms with Crippen molar-refractivity contribution < 1.29 is 19.0 Å². The van der Waals surface area contributed by atoms with Crippen LogP contribution in [0.1, 0.15) is 16.1 Å². The zero-order valence-electron chi connectivity index (χ0n) is 10.7. The van der Waals surface area contributed by atoms with Crippen molar-refractivity contribution in [3.8, 4) is 5.75 Å². The number of ether oxygens (including phenoxy) is 1. The molecule has 0 saturated carbocycles. The van der Waals surface area contributed by atoms with Crippen molar-refractivity contribution in [3.63, 3.8) is 0 Å². The van der Waals surface area contributed by atoms with Crippen molar-refractivity contribution in [2.24, 2.45) is 0 Å². The highest BCUT2D eigenvalue weighted by Crippen LogP contribution is 2.25. The summed E-state index contributed by atoms with van der Waals surface area (Å²) in [7, 11) is 1.41. The molecule has 20 heavy (non-hydrogen) atoms. The van der Waals surface area contributed by atoms with Crippen LogP contribution in [0.4, 0.5) is 4.39 Å². The number of rotatable bonds is 5. The highest BCUT2D eigenvalue weighted by molar-refractivity contribution is 7.98. The molecule has 1 aromatic heterocycles. The molecule has 0 amide bonds. The Balaban J connectivity index is 2.07. The third-order valence-electron chi connectivity index (χ3n) is 2.57. The number of carboxylic acids is 1. The molecule has 2 aromatic rings. The minimum Gasteiger partial charge on any atom is -0.494 e. The second-order valence-electron chi connectivity index (χ2n) is 3.94. The fraction of sp³-hybridized carbons (Fsp3) is 0.143. The number of halogens is 1. The third-order valence-corrected chi connectivity index (χ3v) is 3.64. The minimum absolute atomic E-state index is 0.00379. The molecule has 4 nitrogen and oxygen atoms in total. The van der Waals surface area contributed by atoms with Crippen molar-refractivity contribution in [3.05, 3.63) is 53.6 Å². The number of methoxy groups -OCH3 is 1. The lowest BCUT2D eigenvalue weighted by molar-refractivity contribution is 0.0690. The fourth-order valence-electron chi connectivity index (χ4n) is 1.58. The van der Waals surface area contributed by atoms with E-state index in [0.717, 1.165) is 10.5 Å². The largest absolute Gasteiger partial charge is 0.494 e. The Bertz CT molecular complexity index is 634.